The van der Waals surface area contributed by atoms with E-state index in [1.807, 2.05) is 11.3 Å². The largest absolute Gasteiger partial charge is 0.328 e. The summed E-state index contributed by atoms with van der Waals surface area (Å²) < 4.78 is 0. The summed E-state index contributed by atoms with van der Waals surface area (Å²) in [5.74, 6) is 0. The van der Waals surface area contributed by atoms with E-state index in [0.29, 0.717) is 12.1 Å². The van der Waals surface area contributed by atoms with Gasteiger partial charge in [0.1, 0.15) is 0 Å². The second-order valence-corrected chi connectivity index (χ2v) is 6.93. The van der Waals surface area contributed by atoms with E-state index in [2.05, 4.69) is 37.8 Å². The zero-order valence-electron chi connectivity index (χ0n) is 12.6. The van der Waals surface area contributed by atoms with Crippen LogP contribution in [0.2, 0.25) is 0 Å². The number of aryl methyl sites for hydroxylation is 1. The van der Waals surface area contributed by atoms with Crippen LogP contribution in [0.4, 0.5) is 0 Å². The number of nitrogens with two attached hydrogens (primary N) is 1. The highest BCUT2D eigenvalue weighted by molar-refractivity contribution is 7.12. The first-order valence-corrected chi connectivity index (χ1v) is 8.57. The Morgan fingerprint density at radius 3 is 2.47 bits per heavy atom. The fourth-order valence-electron chi connectivity index (χ4n) is 3.25. The monoisotopic (exact) mass is 280 g/mol. The third-order valence-corrected chi connectivity index (χ3v) is 5.92. The van der Waals surface area contributed by atoms with Crippen molar-refractivity contribution < 1.29 is 0 Å². The van der Waals surface area contributed by atoms with Crippen molar-refractivity contribution in [3.05, 3.63) is 21.9 Å². The van der Waals surface area contributed by atoms with Crippen molar-refractivity contribution >= 4 is 11.3 Å². The van der Waals surface area contributed by atoms with Gasteiger partial charge in [-0.1, -0.05) is 13.8 Å². The summed E-state index contributed by atoms with van der Waals surface area (Å²) in [5, 5.41) is 0. The molecule has 108 valence electrons. The molecule has 0 spiro atoms. The Bertz CT molecular complexity index is 380. The Morgan fingerprint density at radius 2 is 1.95 bits per heavy atom. The Labute approximate surface area is 122 Å². The lowest BCUT2D eigenvalue weighted by molar-refractivity contribution is 0.116. The van der Waals surface area contributed by atoms with E-state index in [9.17, 15) is 0 Å². The van der Waals surface area contributed by atoms with E-state index in [0.717, 1.165) is 19.0 Å². The summed E-state index contributed by atoms with van der Waals surface area (Å²) in [7, 11) is 0. The summed E-state index contributed by atoms with van der Waals surface area (Å²) in [4.78, 5) is 5.70. The fourth-order valence-corrected chi connectivity index (χ4v) is 4.28. The quantitative estimate of drug-likeness (QED) is 0.884. The SMILES string of the molecule is CCc1ccc(C(C)N(CC)C2CCC(N)CC2)s1. The van der Waals surface area contributed by atoms with Crippen LogP contribution in [0, 0.1) is 0 Å². The summed E-state index contributed by atoms with van der Waals surface area (Å²) in [6.45, 7) is 8.03. The molecule has 1 atom stereocenters. The molecular weight excluding hydrogens is 252 g/mol. The molecule has 1 unspecified atom stereocenters. The van der Waals surface area contributed by atoms with Gasteiger partial charge < -0.3 is 5.73 Å². The number of thiophene rings is 1. The van der Waals surface area contributed by atoms with Crippen LogP contribution in [0.15, 0.2) is 12.1 Å². The van der Waals surface area contributed by atoms with Gasteiger partial charge in [0, 0.05) is 27.9 Å². The lowest BCUT2D eigenvalue weighted by atomic mass is 9.90. The van der Waals surface area contributed by atoms with Crippen LogP contribution in [0.25, 0.3) is 0 Å². The first-order chi connectivity index (χ1) is 9.15. The van der Waals surface area contributed by atoms with Crippen molar-refractivity contribution in [1.29, 1.82) is 0 Å². The minimum atomic E-state index is 0.443. The molecule has 1 saturated carbocycles. The highest BCUT2D eigenvalue weighted by atomic mass is 32.1. The highest BCUT2D eigenvalue weighted by Crippen LogP contribution is 2.32. The first kappa shape index (κ1) is 15.0. The molecule has 1 aromatic rings. The summed E-state index contributed by atoms with van der Waals surface area (Å²) in [6.07, 6.45) is 6.08. The number of rotatable bonds is 5. The Kier molecular flexibility index (Phi) is 5.43. The molecule has 1 aliphatic rings. The standard InChI is InChI=1S/C16H28N2S/c1-4-15-10-11-16(19-15)12(3)18(5-2)14-8-6-13(17)7-9-14/h10-14H,4-9,17H2,1-3H3. The smallest absolute Gasteiger partial charge is 0.0416 e. The van der Waals surface area contributed by atoms with Crippen LogP contribution in [-0.2, 0) is 6.42 Å². The second-order valence-electron chi connectivity index (χ2n) is 5.73. The lowest BCUT2D eigenvalue weighted by Crippen LogP contribution is -2.41. The van der Waals surface area contributed by atoms with Crippen LogP contribution < -0.4 is 5.73 Å². The molecule has 0 saturated heterocycles. The predicted octanol–water partition coefficient (Wildman–Crippen LogP) is 3.96. The van der Waals surface area contributed by atoms with Crippen molar-refractivity contribution in [2.45, 2.75) is 71.0 Å². The zero-order chi connectivity index (χ0) is 13.8. The Morgan fingerprint density at radius 1 is 1.26 bits per heavy atom. The Balaban J connectivity index is 2.03. The number of hydrogen-bond acceptors (Lipinski definition) is 3. The van der Waals surface area contributed by atoms with Gasteiger partial charge in [-0.2, -0.15) is 0 Å². The number of nitrogens with zero attached hydrogens (tertiary/aromatic N) is 1. The zero-order valence-corrected chi connectivity index (χ0v) is 13.4. The van der Waals surface area contributed by atoms with E-state index < -0.39 is 0 Å². The molecule has 2 nitrogen and oxygen atoms in total. The van der Waals surface area contributed by atoms with Crippen molar-refractivity contribution in [3.63, 3.8) is 0 Å². The maximum absolute atomic E-state index is 6.03. The summed E-state index contributed by atoms with van der Waals surface area (Å²) in [5.41, 5.74) is 6.03. The molecule has 1 aliphatic carbocycles. The van der Waals surface area contributed by atoms with E-state index in [-0.39, 0.29) is 0 Å². The molecular formula is C16H28N2S. The molecule has 1 heterocycles. The fraction of sp³-hybridized carbons (Fsp3) is 0.750. The van der Waals surface area contributed by atoms with E-state index >= 15 is 0 Å². The van der Waals surface area contributed by atoms with Crippen molar-refractivity contribution in [1.82, 2.24) is 4.90 Å². The molecule has 0 amide bonds. The van der Waals surface area contributed by atoms with Crippen LogP contribution in [-0.4, -0.2) is 23.5 Å². The maximum Gasteiger partial charge on any atom is 0.0416 e. The third kappa shape index (κ3) is 3.59. The van der Waals surface area contributed by atoms with Gasteiger partial charge in [-0.25, -0.2) is 0 Å². The van der Waals surface area contributed by atoms with Gasteiger partial charge in [0.05, 0.1) is 0 Å². The van der Waals surface area contributed by atoms with Gasteiger partial charge >= 0.3 is 0 Å². The van der Waals surface area contributed by atoms with Gasteiger partial charge in [-0.3, -0.25) is 4.90 Å². The summed E-state index contributed by atoms with van der Waals surface area (Å²) in [6, 6.07) is 6.34. The first-order valence-electron chi connectivity index (χ1n) is 7.75. The molecule has 3 heteroatoms. The van der Waals surface area contributed by atoms with Crippen LogP contribution in [0.5, 0.6) is 0 Å². The van der Waals surface area contributed by atoms with Crippen LogP contribution in [0.1, 0.15) is 62.3 Å². The van der Waals surface area contributed by atoms with Crippen molar-refractivity contribution in [3.8, 4) is 0 Å². The predicted molar refractivity (Wildman–Crippen MR) is 84.7 cm³/mol. The topological polar surface area (TPSA) is 29.3 Å². The average Bonchev–Trinajstić information content (AvgIpc) is 2.90. The van der Waals surface area contributed by atoms with Gasteiger partial charge in [0.25, 0.3) is 0 Å². The van der Waals surface area contributed by atoms with Gasteiger partial charge in [0.15, 0.2) is 0 Å². The van der Waals surface area contributed by atoms with E-state index in [4.69, 9.17) is 5.73 Å². The molecule has 1 aromatic heterocycles. The Hall–Kier alpha value is -0.380. The molecule has 0 aromatic carbocycles. The molecule has 1 fully saturated rings. The van der Waals surface area contributed by atoms with Crippen LogP contribution in [0.3, 0.4) is 0 Å². The third-order valence-electron chi connectivity index (χ3n) is 4.52. The van der Waals surface area contributed by atoms with E-state index in [1.165, 1.54) is 35.4 Å². The van der Waals surface area contributed by atoms with Gasteiger partial charge in [-0.15, -0.1) is 11.3 Å². The summed E-state index contributed by atoms with van der Waals surface area (Å²) >= 11 is 1.98. The molecule has 2 rings (SSSR count). The number of hydrogen-bond donors (Lipinski definition) is 1. The maximum atomic E-state index is 6.03. The minimum absolute atomic E-state index is 0.443. The molecule has 0 bridgehead atoms. The molecule has 0 aliphatic heterocycles. The van der Waals surface area contributed by atoms with E-state index in [1.54, 1.807) is 0 Å². The molecule has 19 heavy (non-hydrogen) atoms. The highest BCUT2D eigenvalue weighted by Gasteiger charge is 2.27. The molecule has 0 radical (unpaired) electrons. The second kappa shape index (κ2) is 6.87. The van der Waals surface area contributed by atoms with Crippen molar-refractivity contribution in [2.24, 2.45) is 5.73 Å². The van der Waals surface area contributed by atoms with Crippen molar-refractivity contribution in [2.75, 3.05) is 6.54 Å². The van der Waals surface area contributed by atoms with Gasteiger partial charge in [-0.05, 0) is 57.7 Å². The molecule has 2 N–H and O–H groups in total. The van der Waals surface area contributed by atoms with Crippen LogP contribution >= 0.6 is 11.3 Å². The van der Waals surface area contributed by atoms with Gasteiger partial charge in [0.2, 0.25) is 0 Å². The lowest BCUT2D eigenvalue weighted by Gasteiger charge is -2.39. The normalized spacial score (nSPS) is 25.7. The minimum Gasteiger partial charge on any atom is -0.328 e. The average molecular weight is 280 g/mol.